The van der Waals surface area contributed by atoms with Crippen molar-refractivity contribution in [3.05, 3.63) is 17.7 Å². The van der Waals surface area contributed by atoms with E-state index in [1.807, 2.05) is 0 Å². The first-order chi connectivity index (χ1) is 6.06. The minimum atomic E-state index is -0.654. The summed E-state index contributed by atoms with van der Waals surface area (Å²) in [4.78, 5) is 10.9. The van der Waals surface area contributed by atoms with Crippen LogP contribution in [-0.2, 0) is 24.7 Å². The molecule has 68 valence electrons. The van der Waals surface area contributed by atoms with Gasteiger partial charge in [-0.2, -0.15) is 0 Å². The van der Waals surface area contributed by atoms with Crippen LogP contribution in [0.2, 0.25) is 0 Å². The maximum atomic E-state index is 10.9. The molecule has 1 aromatic carbocycles. The summed E-state index contributed by atoms with van der Waals surface area (Å²) in [7, 11) is 0. The third-order valence-corrected chi connectivity index (χ3v) is 1.98. The molecule has 0 aliphatic rings. The predicted octanol–water partition coefficient (Wildman–Crippen LogP) is 0.422. The quantitative estimate of drug-likeness (QED) is 0.640. The third-order valence-electron chi connectivity index (χ3n) is 1.39. The zero-order chi connectivity index (χ0) is 10.0. The molecule has 3 N–H and O–H groups in total. The van der Waals surface area contributed by atoms with Gasteiger partial charge in [0.15, 0.2) is 0 Å². The van der Waals surface area contributed by atoms with Gasteiger partial charge in [0.1, 0.15) is 0 Å². The Bertz CT molecular complexity index is 326. The van der Waals surface area contributed by atoms with Gasteiger partial charge in [-0.15, -0.1) is 0 Å². The second kappa shape index (κ2) is 3.69. The summed E-state index contributed by atoms with van der Waals surface area (Å²) in [6.45, 7) is 0. The topological polar surface area (TPSA) is 87.0 Å². The van der Waals surface area contributed by atoms with Gasteiger partial charge in [0.2, 0.25) is 0 Å². The van der Waals surface area contributed by atoms with Crippen LogP contribution in [0.4, 0.5) is 0 Å². The fourth-order valence-corrected chi connectivity index (χ4v) is 1.15. The Morgan fingerprint density at radius 2 is 1.69 bits per heavy atom. The van der Waals surface area contributed by atoms with Gasteiger partial charge in [0.25, 0.3) is 0 Å². The van der Waals surface area contributed by atoms with Crippen molar-refractivity contribution in [1.29, 1.82) is 0 Å². The van der Waals surface area contributed by atoms with E-state index in [4.69, 9.17) is 15.3 Å². The van der Waals surface area contributed by atoms with Crippen LogP contribution in [0.1, 0.15) is 10.4 Å². The van der Waals surface area contributed by atoms with Crippen molar-refractivity contribution in [2.45, 2.75) is 0 Å². The van der Waals surface area contributed by atoms with E-state index in [0.29, 0.717) is 21.5 Å². The van der Waals surface area contributed by atoms with Crippen molar-refractivity contribution in [2.24, 2.45) is 0 Å². The van der Waals surface area contributed by atoms with Gasteiger partial charge in [-0.1, -0.05) is 0 Å². The molecule has 0 aliphatic heterocycles. The van der Waals surface area contributed by atoms with Crippen LogP contribution in [0.15, 0.2) is 12.1 Å². The Balaban J connectivity index is 3.20. The summed E-state index contributed by atoms with van der Waals surface area (Å²) in [6.07, 6.45) is 0. The predicted molar refractivity (Wildman–Crippen MR) is 36.9 cm³/mol. The molecule has 6 heteroatoms. The standard InChI is InChI=1S/C7H6O5.Ta/c8-4-1-3(7(11)12)2-5(9)6(4)10;/h1-2,8-10H,(H,11,12);/q;+1/p-1. The molecule has 0 atom stereocenters. The molecule has 0 radical (unpaired) electrons. The zero-order valence-electron chi connectivity index (χ0n) is 6.26. The summed E-state index contributed by atoms with van der Waals surface area (Å²) < 4.78 is 4.45. The Kier molecular flexibility index (Phi) is 2.82. The van der Waals surface area contributed by atoms with Gasteiger partial charge >= 0.3 is 85.7 Å². The molecule has 0 aliphatic carbocycles. The number of aromatic hydroxyl groups is 3. The van der Waals surface area contributed by atoms with Crippen LogP contribution in [0.25, 0.3) is 0 Å². The molecule has 13 heavy (non-hydrogen) atoms. The van der Waals surface area contributed by atoms with Crippen LogP contribution in [-0.4, -0.2) is 21.3 Å². The SMILES string of the molecule is O=C([O][Ta])c1cc(O)c(O)c(O)c1. The molecule has 0 unspecified atom stereocenters. The summed E-state index contributed by atoms with van der Waals surface area (Å²) >= 11 is 0.415. The second-order valence-electron chi connectivity index (χ2n) is 2.24. The van der Waals surface area contributed by atoms with Crippen molar-refractivity contribution in [1.82, 2.24) is 0 Å². The second-order valence-corrected chi connectivity index (χ2v) is 2.90. The van der Waals surface area contributed by atoms with Crippen LogP contribution < -0.4 is 0 Å². The molecule has 1 rings (SSSR count). The van der Waals surface area contributed by atoms with Crippen molar-refractivity contribution >= 4 is 5.97 Å². The Morgan fingerprint density at radius 1 is 1.23 bits per heavy atom. The van der Waals surface area contributed by atoms with E-state index in [-0.39, 0.29) is 5.56 Å². The van der Waals surface area contributed by atoms with Crippen LogP contribution in [0.3, 0.4) is 0 Å². The monoisotopic (exact) mass is 350 g/mol. The number of phenolic OH excluding ortho intramolecular Hbond substituents is 3. The minimum absolute atomic E-state index is 0.00435. The number of hydrogen-bond donors (Lipinski definition) is 3. The van der Waals surface area contributed by atoms with E-state index in [2.05, 4.69) is 3.24 Å². The number of benzene rings is 1. The van der Waals surface area contributed by atoms with E-state index in [1.54, 1.807) is 0 Å². The molecule has 0 amide bonds. The molecule has 0 fully saturated rings. The number of carbonyl (C=O) groups is 1. The molecule has 0 saturated heterocycles. The number of phenols is 3. The first-order valence-corrected chi connectivity index (χ1v) is 4.48. The molecule has 5 nitrogen and oxygen atoms in total. The van der Waals surface area contributed by atoms with Crippen LogP contribution >= 0.6 is 0 Å². The van der Waals surface area contributed by atoms with Crippen molar-refractivity contribution < 1.29 is 44.8 Å². The first-order valence-electron chi connectivity index (χ1n) is 3.17. The Morgan fingerprint density at radius 3 is 2.08 bits per heavy atom. The zero-order valence-corrected chi connectivity index (χ0v) is 9.47. The number of rotatable bonds is 1. The fourth-order valence-electron chi connectivity index (χ4n) is 0.775. The van der Waals surface area contributed by atoms with Crippen molar-refractivity contribution in [3.63, 3.8) is 0 Å². The average Bonchev–Trinajstić information content (AvgIpc) is 2.12. The number of hydrogen-bond acceptors (Lipinski definition) is 5. The maximum absolute atomic E-state index is 10.9. The van der Waals surface area contributed by atoms with Gasteiger partial charge < -0.3 is 0 Å². The molecule has 0 saturated carbocycles. The molecular formula is C7H5O5Ta. The van der Waals surface area contributed by atoms with Gasteiger partial charge in [-0.25, -0.2) is 0 Å². The third kappa shape index (κ3) is 1.95. The molecule has 0 bridgehead atoms. The van der Waals surface area contributed by atoms with Gasteiger partial charge in [0, 0.05) is 0 Å². The van der Waals surface area contributed by atoms with E-state index < -0.39 is 23.2 Å². The summed E-state index contributed by atoms with van der Waals surface area (Å²) in [5.74, 6) is -2.42. The van der Waals surface area contributed by atoms with E-state index in [0.717, 1.165) is 12.1 Å². The normalized spacial score (nSPS) is 9.54. The Labute approximate surface area is 86.0 Å². The first kappa shape index (κ1) is 9.91. The van der Waals surface area contributed by atoms with E-state index >= 15 is 0 Å². The van der Waals surface area contributed by atoms with E-state index in [1.165, 1.54) is 0 Å². The fraction of sp³-hybridized carbons (Fsp3) is 0. The molecule has 1 aromatic rings. The molecule has 0 heterocycles. The molecular weight excluding hydrogens is 345 g/mol. The van der Waals surface area contributed by atoms with Crippen LogP contribution in [0.5, 0.6) is 17.2 Å². The van der Waals surface area contributed by atoms with Gasteiger partial charge in [0.05, 0.1) is 0 Å². The van der Waals surface area contributed by atoms with Gasteiger partial charge in [-0.3, -0.25) is 0 Å². The van der Waals surface area contributed by atoms with Crippen molar-refractivity contribution in [2.75, 3.05) is 0 Å². The summed E-state index contributed by atoms with van der Waals surface area (Å²) in [6, 6.07) is 2.04. The van der Waals surface area contributed by atoms with E-state index in [9.17, 15) is 4.79 Å². The van der Waals surface area contributed by atoms with Crippen molar-refractivity contribution in [3.8, 4) is 17.2 Å². The van der Waals surface area contributed by atoms with Crippen LogP contribution in [0, 0.1) is 0 Å². The summed E-state index contributed by atoms with van der Waals surface area (Å²) in [5, 5.41) is 27.0. The number of carbonyl (C=O) groups excluding carboxylic acids is 1. The van der Waals surface area contributed by atoms with Gasteiger partial charge in [-0.05, 0) is 0 Å². The molecule has 0 spiro atoms. The average molecular weight is 350 g/mol. The molecule has 0 aromatic heterocycles. The Hall–Kier alpha value is -1.17. The summed E-state index contributed by atoms with van der Waals surface area (Å²) in [5.41, 5.74) is -0.00435.